The fourth-order valence-corrected chi connectivity index (χ4v) is 1.59. The minimum atomic E-state index is 0.309. The highest BCUT2D eigenvalue weighted by Gasteiger charge is 2.12. The van der Waals surface area contributed by atoms with Gasteiger partial charge in [-0.15, -0.1) is 0 Å². The molecule has 0 aromatic heterocycles. The Morgan fingerprint density at radius 1 is 0.583 bits per heavy atom. The molecule has 0 aliphatic rings. The van der Waals surface area contributed by atoms with Crippen molar-refractivity contribution >= 4 is 52.2 Å². The molecule has 6 nitrogen and oxygen atoms in total. The molecule has 0 saturated heterocycles. The minimum Gasteiger partial charge on any atom is -0.432 e. The van der Waals surface area contributed by atoms with E-state index in [0.29, 0.717) is 32.8 Å². The van der Waals surface area contributed by atoms with Gasteiger partial charge in [-0.25, -0.2) is 0 Å². The fraction of sp³-hybridized carbons (Fsp3) is 0.400. The zero-order chi connectivity index (χ0) is 18.4. The van der Waals surface area contributed by atoms with Crippen LogP contribution >= 0.6 is 36.7 Å². The molecule has 24 heavy (non-hydrogen) atoms. The third-order valence-electron chi connectivity index (χ3n) is 2.56. The molecule has 0 aliphatic heterocycles. The summed E-state index contributed by atoms with van der Waals surface area (Å²) >= 11 is 15.5. The summed E-state index contributed by atoms with van der Waals surface area (Å²) < 4.78 is 16.9. The normalized spacial score (nSPS) is 9.75. The van der Waals surface area contributed by atoms with Crippen LogP contribution in [0.2, 0.25) is 0 Å². The molecule has 0 unspecified atom stereocenters. The molecule has 1 rings (SSSR count). The number of ether oxygens (including phenoxy) is 3. The highest BCUT2D eigenvalue weighted by molar-refractivity contribution is 7.80. The van der Waals surface area contributed by atoms with Gasteiger partial charge < -0.3 is 28.9 Å². The average Bonchev–Trinajstić information content (AvgIpc) is 2.46. The standard InChI is InChI=1S/C15H21N3O3S3/c1-16(2)13(22)19-10-7-11(20-14(23)17(3)4)9-12(8-10)21-15(24)18(5)6/h7-9H,1-6H3. The van der Waals surface area contributed by atoms with E-state index in [1.807, 2.05) is 0 Å². The van der Waals surface area contributed by atoms with Crippen LogP contribution in [0.5, 0.6) is 17.2 Å². The second kappa shape index (κ2) is 8.95. The Kier molecular flexibility index (Phi) is 7.59. The molecule has 1 aromatic carbocycles. The topological polar surface area (TPSA) is 37.4 Å². The summed E-state index contributed by atoms with van der Waals surface area (Å²) in [6, 6.07) is 5.03. The van der Waals surface area contributed by atoms with Crippen molar-refractivity contribution < 1.29 is 14.2 Å². The van der Waals surface area contributed by atoms with Crippen molar-refractivity contribution in [2.24, 2.45) is 0 Å². The van der Waals surface area contributed by atoms with E-state index in [1.165, 1.54) is 0 Å². The smallest absolute Gasteiger partial charge is 0.264 e. The molecule has 9 heteroatoms. The first-order chi connectivity index (χ1) is 11.1. The average molecular weight is 388 g/mol. The molecule has 0 radical (unpaired) electrons. The van der Waals surface area contributed by atoms with Crippen molar-refractivity contribution in [3.8, 4) is 17.2 Å². The van der Waals surface area contributed by atoms with E-state index in [1.54, 1.807) is 75.2 Å². The summed E-state index contributed by atoms with van der Waals surface area (Å²) in [6.07, 6.45) is 0. The van der Waals surface area contributed by atoms with Crippen molar-refractivity contribution in [3.05, 3.63) is 18.2 Å². The minimum absolute atomic E-state index is 0.309. The van der Waals surface area contributed by atoms with Gasteiger partial charge in [-0.3, -0.25) is 0 Å². The maximum atomic E-state index is 5.62. The Bertz CT molecular complexity index is 536. The van der Waals surface area contributed by atoms with E-state index in [9.17, 15) is 0 Å². The van der Waals surface area contributed by atoms with Gasteiger partial charge in [-0.05, 0) is 36.7 Å². The Labute approximate surface area is 158 Å². The molecule has 0 spiro atoms. The molecule has 132 valence electrons. The fourth-order valence-electron chi connectivity index (χ4n) is 1.30. The van der Waals surface area contributed by atoms with Gasteiger partial charge >= 0.3 is 0 Å². The molecule has 0 saturated carbocycles. The third kappa shape index (κ3) is 6.42. The molecule has 0 fully saturated rings. The maximum Gasteiger partial charge on any atom is 0.264 e. The van der Waals surface area contributed by atoms with Crippen LogP contribution in [0.4, 0.5) is 0 Å². The summed E-state index contributed by atoms with van der Waals surface area (Å²) in [7, 11) is 10.8. The number of benzene rings is 1. The van der Waals surface area contributed by atoms with Crippen LogP contribution in [-0.2, 0) is 0 Å². The van der Waals surface area contributed by atoms with Gasteiger partial charge in [0.1, 0.15) is 17.2 Å². The number of hydrogen-bond donors (Lipinski definition) is 0. The van der Waals surface area contributed by atoms with Gasteiger partial charge in [-0.2, -0.15) is 0 Å². The molecule has 0 heterocycles. The van der Waals surface area contributed by atoms with Crippen LogP contribution in [0.1, 0.15) is 0 Å². The molecular weight excluding hydrogens is 366 g/mol. The lowest BCUT2D eigenvalue weighted by Gasteiger charge is -2.19. The zero-order valence-electron chi connectivity index (χ0n) is 14.5. The van der Waals surface area contributed by atoms with Crippen LogP contribution < -0.4 is 14.2 Å². The lowest BCUT2D eigenvalue weighted by atomic mass is 10.3. The SMILES string of the molecule is CN(C)C(=S)Oc1cc(OC(=S)N(C)C)cc(OC(=S)N(C)C)c1. The number of nitrogens with zero attached hydrogens (tertiary/aromatic N) is 3. The lowest BCUT2D eigenvalue weighted by molar-refractivity contribution is 0.421. The van der Waals surface area contributed by atoms with Crippen molar-refractivity contribution in [1.82, 2.24) is 14.7 Å². The van der Waals surface area contributed by atoms with Crippen molar-refractivity contribution in [3.63, 3.8) is 0 Å². The molecule has 1 aromatic rings. The first-order valence-electron chi connectivity index (χ1n) is 6.92. The van der Waals surface area contributed by atoms with Crippen LogP contribution in [0.25, 0.3) is 0 Å². The molecule has 0 bridgehead atoms. The van der Waals surface area contributed by atoms with Gasteiger partial charge in [0.15, 0.2) is 0 Å². The second-order valence-corrected chi connectivity index (χ2v) is 6.48. The zero-order valence-corrected chi connectivity index (χ0v) is 17.0. The second-order valence-electron chi connectivity index (χ2n) is 5.43. The predicted molar refractivity (Wildman–Crippen MR) is 107 cm³/mol. The van der Waals surface area contributed by atoms with Gasteiger partial charge in [0.2, 0.25) is 0 Å². The largest absolute Gasteiger partial charge is 0.432 e. The van der Waals surface area contributed by atoms with Crippen molar-refractivity contribution in [1.29, 1.82) is 0 Å². The monoisotopic (exact) mass is 387 g/mol. The van der Waals surface area contributed by atoms with Crippen molar-refractivity contribution in [2.75, 3.05) is 42.3 Å². The van der Waals surface area contributed by atoms with Crippen molar-refractivity contribution in [2.45, 2.75) is 0 Å². The van der Waals surface area contributed by atoms with E-state index >= 15 is 0 Å². The number of thiocarbonyl (C=S) groups is 3. The van der Waals surface area contributed by atoms with Crippen LogP contribution in [0.15, 0.2) is 18.2 Å². The first-order valence-corrected chi connectivity index (χ1v) is 8.15. The maximum absolute atomic E-state index is 5.62. The predicted octanol–water partition coefficient (Wildman–Crippen LogP) is 2.36. The van der Waals surface area contributed by atoms with Gasteiger partial charge in [0, 0.05) is 60.5 Å². The molecule has 0 amide bonds. The summed E-state index contributed by atoms with van der Waals surface area (Å²) in [4.78, 5) is 5.04. The van der Waals surface area contributed by atoms with E-state index in [0.717, 1.165) is 0 Å². The van der Waals surface area contributed by atoms with Crippen LogP contribution in [0, 0.1) is 0 Å². The van der Waals surface area contributed by atoms with Gasteiger partial charge in [-0.1, -0.05) is 0 Å². The Morgan fingerprint density at radius 3 is 0.958 bits per heavy atom. The first kappa shape index (κ1) is 20.3. The Morgan fingerprint density at radius 2 is 0.792 bits per heavy atom. The number of rotatable bonds is 3. The highest BCUT2D eigenvalue weighted by Crippen LogP contribution is 2.29. The van der Waals surface area contributed by atoms with E-state index in [-0.39, 0.29) is 0 Å². The summed E-state index contributed by atoms with van der Waals surface area (Å²) in [5, 5.41) is 0.926. The van der Waals surface area contributed by atoms with Gasteiger partial charge in [0.25, 0.3) is 15.5 Å². The summed E-state index contributed by atoms with van der Waals surface area (Å²) in [5.74, 6) is 1.39. The molecule has 0 atom stereocenters. The lowest BCUT2D eigenvalue weighted by Crippen LogP contribution is -2.26. The van der Waals surface area contributed by atoms with Gasteiger partial charge in [0.05, 0.1) is 0 Å². The quantitative estimate of drug-likeness (QED) is 0.727. The van der Waals surface area contributed by atoms with E-state index in [4.69, 9.17) is 50.9 Å². The summed E-state index contributed by atoms with van der Waals surface area (Å²) in [5.41, 5.74) is 0. The van der Waals surface area contributed by atoms with Crippen LogP contribution in [-0.4, -0.2) is 72.5 Å². The molecular formula is C15H21N3O3S3. The van der Waals surface area contributed by atoms with E-state index < -0.39 is 0 Å². The molecule has 0 aliphatic carbocycles. The Balaban J connectivity index is 3.11. The third-order valence-corrected chi connectivity index (χ3v) is 3.91. The number of hydrogen-bond acceptors (Lipinski definition) is 6. The van der Waals surface area contributed by atoms with E-state index in [2.05, 4.69) is 0 Å². The van der Waals surface area contributed by atoms with Crippen LogP contribution in [0.3, 0.4) is 0 Å². The summed E-state index contributed by atoms with van der Waals surface area (Å²) in [6.45, 7) is 0. The highest BCUT2D eigenvalue weighted by atomic mass is 32.1. The molecule has 0 N–H and O–H groups in total. The Hall–Kier alpha value is -1.71.